The van der Waals surface area contributed by atoms with Gasteiger partial charge in [0.05, 0.1) is 0 Å². The molecule has 20 heavy (non-hydrogen) atoms. The van der Waals surface area contributed by atoms with Crippen LogP contribution in [0.15, 0.2) is 24.3 Å². The molecule has 1 aliphatic heterocycles. The molecule has 1 N–H and O–H groups in total. The van der Waals surface area contributed by atoms with Gasteiger partial charge in [0.2, 0.25) is 0 Å². The maximum Gasteiger partial charge on any atom is 0.326 e. The van der Waals surface area contributed by atoms with Crippen LogP contribution in [0.1, 0.15) is 19.3 Å². The van der Waals surface area contributed by atoms with Gasteiger partial charge in [0.15, 0.2) is 6.61 Å². The normalized spacial score (nSPS) is 18.6. The molecule has 0 saturated carbocycles. The molecule has 0 aromatic heterocycles. The van der Waals surface area contributed by atoms with Gasteiger partial charge in [0.1, 0.15) is 11.8 Å². The van der Waals surface area contributed by atoms with Gasteiger partial charge < -0.3 is 14.7 Å². The molecular formula is C14H16ClNO4. The number of benzene rings is 1. The number of carboxylic acids is 1. The van der Waals surface area contributed by atoms with E-state index in [-0.39, 0.29) is 12.5 Å². The summed E-state index contributed by atoms with van der Waals surface area (Å²) >= 11 is 5.82. The van der Waals surface area contributed by atoms with Crippen LogP contribution in [-0.4, -0.2) is 41.1 Å². The average molecular weight is 298 g/mol. The lowest BCUT2D eigenvalue weighted by atomic mass is 10.0. The van der Waals surface area contributed by atoms with Crippen LogP contribution in [0.3, 0.4) is 0 Å². The van der Waals surface area contributed by atoms with Crippen LogP contribution in [0.4, 0.5) is 0 Å². The quantitative estimate of drug-likeness (QED) is 0.925. The van der Waals surface area contributed by atoms with Crippen molar-refractivity contribution >= 4 is 23.5 Å². The van der Waals surface area contributed by atoms with Crippen molar-refractivity contribution < 1.29 is 19.4 Å². The van der Waals surface area contributed by atoms with E-state index < -0.39 is 12.0 Å². The Morgan fingerprint density at radius 1 is 1.40 bits per heavy atom. The van der Waals surface area contributed by atoms with Crippen molar-refractivity contribution in [3.05, 3.63) is 29.3 Å². The number of ether oxygens (including phenoxy) is 1. The standard InChI is InChI=1S/C14H16ClNO4/c15-10-4-3-5-11(8-10)20-9-13(17)16-7-2-1-6-12(16)14(18)19/h3-5,8,12H,1-2,6-7,9H2,(H,18,19)/t12-/m0/s1. The van der Waals surface area contributed by atoms with Crippen LogP contribution in [0.5, 0.6) is 5.75 Å². The number of piperidine rings is 1. The summed E-state index contributed by atoms with van der Waals surface area (Å²) < 4.78 is 5.36. The van der Waals surface area contributed by atoms with E-state index in [0.29, 0.717) is 23.7 Å². The Kier molecular flexibility index (Phi) is 4.84. The lowest BCUT2D eigenvalue weighted by Crippen LogP contribution is -2.49. The summed E-state index contributed by atoms with van der Waals surface area (Å²) in [7, 11) is 0. The molecule has 1 atom stereocenters. The maximum absolute atomic E-state index is 12.1. The summed E-state index contributed by atoms with van der Waals surface area (Å²) in [5.41, 5.74) is 0. The third kappa shape index (κ3) is 3.63. The largest absolute Gasteiger partial charge is 0.484 e. The minimum atomic E-state index is -0.958. The highest BCUT2D eigenvalue weighted by Crippen LogP contribution is 2.19. The summed E-state index contributed by atoms with van der Waals surface area (Å²) in [5.74, 6) is -0.771. The molecule has 0 unspecified atom stereocenters. The predicted octanol–water partition coefficient (Wildman–Crippen LogP) is 2.18. The van der Waals surface area contributed by atoms with E-state index in [1.54, 1.807) is 24.3 Å². The first kappa shape index (κ1) is 14.7. The van der Waals surface area contributed by atoms with E-state index >= 15 is 0 Å². The molecule has 1 aromatic rings. The second kappa shape index (κ2) is 6.61. The van der Waals surface area contributed by atoms with Crippen LogP contribution in [0.25, 0.3) is 0 Å². The molecule has 0 radical (unpaired) electrons. The van der Waals surface area contributed by atoms with Gasteiger partial charge in [0, 0.05) is 11.6 Å². The smallest absolute Gasteiger partial charge is 0.326 e. The topological polar surface area (TPSA) is 66.8 Å². The Balaban J connectivity index is 1.95. The Hall–Kier alpha value is -1.75. The Labute approximate surface area is 122 Å². The van der Waals surface area contributed by atoms with Crippen LogP contribution in [0.2, 0.25) is 5.02 Å². The molecule has 1 amide bonds. The third-order valence-electron chi connectivity index (χ3n) is 3.27. The highest BCUT2D eigenvalue weighted by molar-refractivity contribution is 6.30. The second-order valence-electron chi connectivity index (χ2n) is 4.68. The van der Waals surface area contributed by atoms with E-state index in [0.717, 1.165) is 12.8 Å². The average Bonchev–Trinajstić information content (AvgIpc) is 2.45. The van der Waals surface area contributed by atoms with Crippen LogP contribution < -0.4 is 4.74 Å². The van der Waals surface area contributed by atoms with Crippen LogP contribution in [-0.2, 0) is 9.59 Å². The van der Waals surface area contributed by atoms with Crippen molar-refractivity contribution in [1.82, 2.24) is 4.90 Å². The summed E-state index contributed by atoms with van der Waals surface area (Å²) in [5, 5.41) is 9.65. The zero-order valence-corrected chi connectivity index (χ0v) is 11.7. The molecule has 5 nitrogen and oxygen atoms in total. The fourth-order valence-corrected chi connectivity index (χ4v) is 2.45. The number of carboxylic acid groups (broad SMARTS) is 1. The number of aliphatic carboxylic acids is 1. The number of hydrogen-bond acceptors (Lipinski definition) is 3. The third-order valence-corrected chi connectivity index (χ3v) is 3.50. The Morgan fingerprint density at radius 2 is 2.20 bits per heavy atom. The molecule has 1 fully saturated rings. The van der Waals surface area contributed by atoms with E-state index in [9.17, 15) is 9.59 Å². The van der Waals surface area contributed by atoms with E-state index in [4.69, 9.17) is 21.4 Å². The molecular weight excluding hydrogens is 282 g/mol. The lowest BCUT2D eigenvalue weighted by molar-refractivity contribution is -0.152. The molecule has 1 aromatic carbocycles. The first-order valence-corrected chi connectivity index (χ1v) is 6.86. The maximum atomic E-state index is 12.1. The molecule has 1 heterocycles. The lowest BCUT2D eigenvalue weighted by Gasteiger charge is -2.32. The van der Waals surface area contributed by atoms with Gasteiger partial charge in [-0.25, -0.2) is 4.79 Å². The van der Waals surface area contributed by atoms with E-state index in [2.05, 4.69) is 0 Å². The molecule has 6 heteroatoms. The Morgan fingerprint density at radius 3 is 2.90 bits per heavy atom. The predicted molar refractivity (Wildman–Crippen MR) is 73.9 cm³/mol. The SMILES string of the molecule is O=C(O)[C@@H]1CCCCN1C(=O)COc1cccc(Cl)c1. The van der Waals surface area contributed by atoms with Crippen molar-refractivity contribution in [2.45, 2.75) is 25.3 Å². The summed E-state index contributed by atoms with van der Waals surface area (Å²) in [6, 6.07) is 6.01. The van der Waals surface area contributed by atoms with Crippen LogP contribution >= 0.6 is 11.6 Å². The highest BCUT2D eigenvalue weighted by atomic mass is 35.5. The van der Waals surface area contributed by atoms with Crippen molar-refractivity contribution in [2.24, 2.45) is 0 Å². The number of likely N-dealkylation sites (tertiary alicyclic amines) is 1. The number of carbonyl (C=O) groups excluding carboxylic acids is 1. The molecule has 108 valence electrons. The van der Waals surface area contributed by atoms with E-state index in [1.807, 2.05) is 0 Å². The molecule has 1 aliphatic rings. The van der Waals surface area contributed by atoms with E-state index in [1.165, 1.54) is 4.90 Å². The van der Waals surface area contributed by atoms with Gasteiger partial charge in [-0.05, 0) is 37.5 Å². The fourth-order valence-electron chi connectivity index (χ4n) is 2.27. The van der Waals surface area contributed by atoms with Gasteiger partial charge in [0.25, 0.3) is 5.91 Å². The molecule has 0 bridgehead atoms. The Bertz CT molecular complexity index is 506. The number of halogens is 1. The second-order valence-corrected chi connectivity index (χ2v) is 5.12. The van der Waals surface area contributed by atoms with Crippen molar-refractivity contribution in [2.75, 3.05) is 13.2 Å². The van der Waals surface area contributed by atoms with Crippen molar-refractivity contribution in [1.29, 1.82) is 0 Å². The van der Waals surface area contributed by atoms with Gasteiger partial charge in [-0.1, -0.05) is 17.7 Å². The monoisotopic (exact) mass is 297 g/mol. The van der Waals surface area contributed by atoms with Gasteiger partial charge in [-0.2, -0.15) is 0 Å². The first-order chi connectivity index (χ1) is 9.58. The summed E-state index contributed by atoms with van der Waals surface area (Å²) in [4.78, 5) is 24.6. The fraction of sp³-hybridized carbons (Fsp3) is 0.429. The molecule has 0 spiro atoms. The first-order valence-electron chi connectivity index (χ1n) is 6.48. The molecule has 2 rings (SSSR count). The van der Waals surface area contributed by atoms with Gasteiger partial charge in [-0.15, -0.1) is 0 Å². The molecule has 0 aliphatic carbocycles. The van der Waals surface area contributed by atoms with Gasteiger partial charge >= 0.3 is 5.97 Å². The number of nitrogens with zero attached hydrogens (tertiary/aromatic N) is 1. The zero-order valence-electron chi connectivity index (χ0n) is 10.9. The summed E-state index contributed by atoms with van der Waals surface area (Å²) in [6.07, 6.45) is 2.15. The minimum Gasteiger partial charge on any atom is -0.484 e. The van der Waals surface area contributed by atoms with Crippen molar-refractivity contribution in [3.63, 3.8) is 0 Å². The highest BCUT2D eigenvalue weighted by Gasteiger charge is 2.31. The summed E-state index contributed by atoms with van der Waals surface area (Å²) in [6.45, 7) is 0.291. The zero-order chi connectivity index (χ0) is 14.5. The number of hydrogen-bond donors (Lipinski definition) is 1. The molecule has 1 saturated heterocycles. The number of amides is 1. The van der Waals surface area contributed by atoms with Gasteiger partial charge in [-0.3, -0.25) is 4.79 Å². The number of carbonyl (C=O) groups is 2. The van der Waals surface area contributed by atoms with Crippen LogP contribution in [0, 0.1) is 0 Å². The number of rotatable bonds is 4. The minimum absolute atomic E-state index is 0.176. The van der Waals surface area contributed by atoms with Crippen molar-refractivity contribution in [3.8, 4) is 5.75 Å².